The van der Waals surface area contributed by atoms with Crippen LogP contribution in [0.4, 0.5) is 0 Å². The number of rotatable bonds is 2. The first-order chi connectivity index (χ1) is 8.58. The fourth-order valence-electron chi connectivity index (χ4n) is 1.89. The summed E-state index contributed by atoms with van der Waals surface area (Å²) < 4.78 is 11.2. The lowest BCUT2D eigenvalue weighted by Crippen LogP contribution is -2.07. The molecule has 1 aromatic carbocycles. The van der Waals surface area contributed by atoms with Gasteiger partial charge in [0, 0.05) is 24.1 Å². The van der Waals surface area contributed by atoms with Crippen LogP contribution in [0.3, 0.4) is 0 Å². The van der Waals surface area contributed by atoms with Crippen molar-refractivity contribution in [1.29, 1.82) is 0 Å². The molecule has 0 aliphatic carbocycles. The number of esters is 2. The van der Waals surface area contributed by atoms with E-state index in [0.717, 1.165) is 10.9 Å². The van der Waals surface area contributed by atoms with Gasteiger partial charge in [0.2, 0.25) is 0 Å². The molecule has 0 N–H and O–H groups in total. The van der Waals surface area contributed by atoms with Gasteiger partial charge in [0.1, 0.15) is 0 Å². The number of ether oxygens (including phenoxy) is 2. The lowest BCUT2D eigenvalue weighted by Gasteiger charge is -2.06. The van der Waals surface area contributed by atoms with Gasteiger partial charge in [0.05, 0.1) is 25.3 Å². The van der Waals surface area contributed by atoms with Crippen LogP contribution in [-0.4, -0.2) is 30.7 Å². The van der Waals surface area contributed by atoms with Crippen molar-refractivity contribution in [3.05, 3.63) is 35.5 Å². The predicted molar refractivity (Wildman–Crippen MR) is 65.6 cm³/mol. The molecule has 0 spiro atoms. The molecule has 0 fully saturated rings. The summed E-state index contributed by atoms with van der Waals surface area (Å²) in [6.45, 7) is 0. The van der Waals surface area contributed by atoms with Gasteiger partial charge in [-0.25, -0.2) is 9.59 Å². The van der Waals surface area contributed by atoms with Crippen LogP contribution >= 0.6 is 0 Å². The molecule has 2 aromatic rings. The van der Waals surface area contributed by atoms with E-state index < -0.39 is 11.9 Å². The van der Waals surface area contributed by atoms with Crippen molar-refractivity contribution in [2.75, 3.05) is 14.2 Å². The molecular formula is C13H13NO4. The maximum Gasteiger partial charge on any atom is 0.338 e. The van der Waals surface area contributed by atoms with Crippen LogP contribution in [0.2, 0.25) is 0 Å². The average molecular weight is 247 g/mol. The van der Waals surface area contributed by atoms with E-state index in [4.69, 9.17) is 4.74 Å². The topological polar surface area (TPSA) is 57.5 Å². The molecule has 5 nitrogen and oxygen atoms in total. The highest BCUT2D eigenvalue weighted by Gasteiger charge is 2.17. The standard InChI is InChI=1S/C13H13NO4/c1-14-5-4-9-10(13(16)18-3)6-8(7-11(9)14)12(15)17-2/h4-7H,1-3H3. The van der Waals surface area contributed by atoms with Crippen LogP contribution < -0.4 is 0 Å². The SMILES string of the molecule is COC(=O)c1cc(C(=O)OC)c2ccn(C)c2c1. The minimum Gasteiger partial charge on any atom is -0.465 e. The largest absolute Gasteiger partial charge is 0.465 e. The van der Waals surface area contributed by atoms with E-state index in [9.17, 15) is 9.59 Å². The highest BCUT2D eigenvalue weighted by Crippen LogP contribution is 2.23. The zero-order chi connectivity index (χ0) is 13.3. The summed E-state index contributed by atoms with van der Waals surface area (Å²) >= 11 is 0. The smallest absolute Gasteiger partial charge is 0.338 e. The highest BCUT2D eigenvalue weighted by atomic mass is 16.5. The fourth-order valence-corrected chi connectivity index (χ4v) is 1.89. The van der Waals surface area contributed by atoms with Gasteiger partial charge in [0.25, 0.3) is 0 Å². The van der Waals surface area contributed by atoms with Crippen LogP contribution in [0.1, 0.15) is 20.7 Å². The molecule has 0 bridgehead atoms. The molecule has 0 unspecified atom stereocenters. The maximum atomic E-state index is 11.7. The number of carbonyl (C=O) groups excluding carboxylic acids is 2. The van der Waals surface area contributed by atoms with Gasteiger partial charge < -0.3 is 14.0 Å². The molecular weight excluding hydrogens is 234 g/mol. The Morgan fingerprint density at radius 2 is 1.78 bits per heavy atom. The molecule has 2 rings (SSSR count). The van der Waals surface area contributed by atoms with E-state index in [1.54, 1.807) is 6.07 Å². The van der Waals surface area contributed by atoms with Crippen LogP contribution in [0.15, 0.2) is 24.4 Å². The summed E-state index contributed by atoms with van der Waals surface area (Å²) in [5.41, 5.74) is 1.46. The van der Waals surface area contributed by atoms with Crippen molar-refractivity contribution in [3.8, 4) is 0 Å². The maximum absolute atomic E-state index is 11.7. The Morgan fingerprint density at radius 3 is 2.39 bits per heavy atom. The fraction of sp³-hybridized carbons (Fsp3) is 0.231. The highest BCUT2D eigenvalue weighted by molar-refractivity contribution is 6.07. The third kappa shape index (κ3) is 1.84. The van der Waals surface area contributed by atoms with Gasteiger partial charge >= 0.3 is 11.9 Å². The van der Waals surface area contributed by atoms with Gasteiger partial charge in [-0.15, -0.1) is 0 Å². The van der Waals surface area contributed by atoms with Crippen molar-refractivity contribution in [2.45, 2.75) is 0 Å². The Hall–Kier alpha value is -2.30. The predicted octanol–water partition coefficient (Wildman–Crippen LogP) is 1.75. The molecule has 0 aliphatic rings. The van der Waals surface area contributed by atoms with Crippen molar-refractivity contribution in [1.82, 2.24) is 4.57 Å². The molecule has 0 saturated carbocycles. The second kappa shape index (κ2) is 4.52. The molecule has 0 radical (unpaired) electrons. The molecule has 1 heterocycles. The van der Waals surface area contributed by atoms with Crippen molar-refractivity contribution < 1.29 is 19.1 Å². The van der Waals surface area contributed by atoms with Gasteiger partial charge in [-0.2, -0.15) is 0 Å². The molecule has 94 valence electrons. The minimum absolute atomic E-state index is 0.326. The molecule has 0 saturated heterocycles. The Labute approximate surface area is 104 Å². The number of aryl methyl sites for hydroxylation is 1. The second-order valence-electron chi connectivity index (χ2n) is 3.87. The van der Waals surface area contributed by atoms with Gasteiger partial charge in [-0.05, 0) is 18.2 Å². The molecule has 5 heteroatoms. The zero-order valence-corrected chi connectivity index (χ0v) is 10.4. The summed E-state index contributed by atoms with van der Waals surface area (Å²) in [6.07, 6.45) is 1.82. The molecule has 0 atom stereocenters. The molecule has 18 heavy (non-hydrogen) atoms. The van der Waals surface area contributed by atoms with E-state index in [1.807, 2.05) is 23.9 Å². The lowest BCUT2D eigenvalue weighted by molar-refractivity contribution is 0.0600. The van der Waals surface area contributed by atoms with E-state index in [0.29, 0.717) is 11.1 Å². The monoisotopic (exact) mass is 247 g/mol. The molecule has 1 aromatic heterocycles. The quantitative estimate of drug-likeness (QED) is 0.759. The van der Waals surface area contributed by atoms with Crippen LogP contribution in [0.5, 0.6) is 0 Å². The number of hydrogen-bond donors (Lipinski definition) is 0. The lowest BCUT2D eigenvalue weighted by atomic mass is 10.1. The van der Waals surface area contributed by atoms with Crippen LogP contribution in [0.25, 0.3) is 10.9 Å². The third-order valence-corrected chi connectivity index (χ3v) is 2.83. The summed E-state index contributed by atoms with van der Waals surface area (Å²) in [7, 11) is 4.45. The summed E-state index contributed by atoms with van der Waals surface area (Å²) in [5.74, 6) is -0.958. The summed E-state index contributed by atoms with van der Waals surface area (Å²) in [4.78, 5) is 23.3. The Bertz CT molecular complexity index is 627. The number of fused-ring (bicyclic) bond motifs is 1. The first kappa shape index (κ1) is 12.2. The van der Waals surface area contributed by atoms with Crippen molar-refractivity contribution in [3.63, 3.8) is 0 Å². The van der Waals surface area contributed by atoms with Gasteiger partial charge in [-0.1, -0.05) is 0 Å². The summed E-state index contributed by atoms with van der Waals surface area (Å²) in [6, 6.07) is 4.98. The van der Waals surface area contributed by atoms with Gasteiger partial charge in [0.15, 0.2) is 0 Å². The number of aromatic nitrogens is 1. The number of hydrogen-bond acceptors (Lipinski definition) is 4. The van der Waals surface area contributed by atoms with Crippen molar-refractivity contribution in [2.24, 2.45) is 7.05 Å². The Kier molecular flexibility index (Phi) is 3.06. The number of benzene rings is 1. The third-order valence-electron chi connectivity index (χ3n) is 2.83. The van der Waals surface area contributed by atoms with Crippen molar-refractivity contribution >= 4 is 22.8 Å². The van der Waals surface area contributed by atoms with Crippen LogP contribution in [-0.2, 0) is 16.5 Å². The Morgan fingerprint density at radius 1 is 1.11 bits per heavy atom. The normalized spacial score (nSPS) is 10.4. The molecule has 0 aliphatic heterocycles. The second-order valence-corrected chi connectivity index (χ2v) is 3.87. The van der Waals surface area contributed by atoms with Crippen LogP contribution in [0, 0.1) is 0 Å². The number of nitrogens with zero attached hydrogens (tertiary/aromatic N) is 1. The first-order valence-electron chi connectivity index (χ1n) is 5.34. The van der Waals surface area contributed by atoms with E-state index in [2.05, 4.69) is 4.74 Å². The molecule has 0 amide bonds. The zero-order valence-electron chi connectivity index (χ0n) is 10.4. The van der Waals surface area contributed by atoms with E-state index in [-0.39, 0.29) is 0 Å². The number of methoxy groups -OCH3 is 2. The average Bonchev–Trinajstić information content (AvgIpc) is 2.77. The minimum atomic E-state index is -0.483. The first-order valence-corrected chi connectivity index (χ1v) is 5.34. The summed E-state index contributed by atoms with van der Waals surface area (Å²) in [5, 5.41) is 0.747. The number of carbonyl (C=O) groups is 2. The van der Waals surface area contributed by atoms with Gasteiger partial charge in [-0.3, -0.25) is 0 Å². The Balaban J connectivity index is 2.74. The van der Waals surface area contributed by atoms with E-state index in [1.165, 1.54) is 20.3 Å². The van der Waals surface area contributed by atoms with E-state index >= 15 is 0 Å².